The van der Waals surface area contributed by atoms with E-state index < -0.39 is 23.7 Å². The van der Waals surface area contributed by atoms with Crippen LogP contribution in [0.3, 0.4) is 0 Å². The van der Waals surface area contributed by atoms with Gasteiger partial charge in [0, 0.05) is 23.6 Å². The van der Waals surface area contributed by atoms with E-state index in [9.17, 15) is 14.7 Å². The first-order chi connectivity index (χ1) is 15.6. The first kappa shape index (κ1) is 21.4. The van der Waals surface area contributed by atoms with Gasteiger partial charge in [0.05, 0.1) is 18.9 Å². The molecule has 0 radical (unpaired) electrons. The summed E-state index contributed by atoms with van der Waals surface area (Å²) in [6.45, 7) is 0. The Labute approximate surface area is 187 Å². The Morgan fingerprint density at radius 3 is 1.88 bits per heavy atom. The van der Waals surface area contributed by atoms with Crippen LogP contribution in [-0.2, 0) is 9.59 Å². The number of benzene rings is 3. The third-order valence-electron chi connectivity index (χ3n) is 5.98. The van der Waals surface area contributed by atoms with Gasteiger partial charge in [0.15, 0.2) is 0 Å². The van der Waals surface area contributed by atoms with E-state index >= 15 is 0 Å². The third kappa shape index (κ3) is 4.42. The van der Waals surface area contributed by atoms with Gasteiger partial charge in [0.25, 0.3) is 0 Å². The highest BCUT2D eigenvalue weighted by molar-refractivity contribution is 5.96. The number of aliphatic carboxylic acids is 1. The molecule has 0 saturated heterocycles. The Hall–Kier alpha value is -3.86. The highest BCUT2D eigenvalue weighted by Crippen LogP contribution is 2.45. The number of amides is 1. The number of nitrogens with one attached hydrogen (secondary N) is 1. The number of carboxylic acid groups (broad SMARTS) is 1. The van der Waals surface area contributed by atoms with Crippen LogP contribution < -0.4 is 10.1 Å². The fourth-order valence-electron chi connectivity index (χ4n) is 4.47. The number of carbonyl (C=O) groups is 2. The molecule has 0 saturated carbocycles. The number of allylic oxidation sites excluding steroid dienone is 2. The number of carboxylic acids is 1. The Kier molecular flexibility index (Phi) is 6.36. The molecule has 2 N–H and O–H groups in total. The molecule has 5 heteroatoms. The van der Waals surface area contributed by atoms with Gasteiger partial charge in [-0.1, -0.05) is 78.9 Å². The van der Waals surface area contributed by atoms with Crippen LogP contribution in [0.2, 0.25) is 0 Å². The van der Waals surface area contributed by atoms with Gasteiger partial charge in [0.2, 0.25) is 5.91 Å². The van der Waals surface area contributed by atoms with E-state index in [4.69, 9.17) is 4.74 Å². The summed E-state index contributed by atoms with van der Waals surface area (Å²) in [6.07, 6.45) is 3.91. The maximum absolute atomic E-state index is 13.6. The topological polar surface area (TPSA) is 75.6 Å². The van der Waals surface area contributed by atoms with E-state index in [1.807, 2.05) is 72.8 Å². The van der Waals surface area contributed by atoms with Gasteiger partial charge in [0.1, 0.15) is 5.75 Å². The molecule has 3 aromatic carbocycles. The van der Waals surface area contributed by atoms with Crippen molar-refractivity contribution in [2.45, 2.75) is 11.8 Å². The number of rotatable bonds is 6. The lowest BCUT2D eigenvalue weighted by Crippen LogP contribution is -2.42. The SMILES string of the molecule is COc1cccc(NC(=O)C2C(c3ccccc3)C=CC(c3ccccc3)C2C(=O)O)c1. The molecule has 0 bridgehead atoms. The van der Waals surface area contributed by atoms with Crippen molar-refractivity contribution < 1.29 is 19.4 Å². The monoisotopic (exact) mass is 427 g/mol. The van der Waals surface area contributed by atoms with Crippen LogP contribution in [0, 0.1) is 11.8 Å². The average Bonchev–Trinajstić information content (AvgIpc) is 2.84. The summed E-state index contributed by atoms with van der Waals surface area (Å²) in [5, 5.41) is 13.2. The largest absolute Gasteiger partial charge is 0.497 e. The lowest BCUT2D eigenvalue weighted by atomic mass is 9.66. The molecule has 0 spiro atoms. The van der Waals surface area contributed by atoms with Crippen LogP contribution in [-0.4, -0.2) is 24.1 Å². The molecule has 162 valence electrons. The second-order valence-corrected chi connectivity index (χ2v) is 7.87. The molecule has 4 atom stereocenters. The number of methoxy groups -OCH3 is 1. The highest BCUT2D eigenvalue weighted by Gasteiger charge is 2.46. The molecule has 4 unspecified atom stereocenters. The summed E-state index contributed by atoms with van der Waals surface area (Å²) in [5.41, 5.74) is 2.35. The van der Waals surface area contributed by atoms with Gasteiger partial charge in [-0.05, 0) is 23.3 Å². The van der Waals surface area contributed by atoms with Crippen LogP contribution in [0.5, 0.6) is 5.75 Å². The van der Waals surface area contributed by atoms with E-state index in [2.05, 4.69) is 5.32 Å². The van der Waals surface area contributed by atoms with Crippen LogP contribution in [0.25, 0.3) is 0 Å². The molecule has 3 aromatic rings. The van der Waals surface area contributed by atoms with Crippen LogP contribution >= 0.6 is 0 Å². The van der Waals surface area contributed by atoms with E-state index in [1.54, 1.807) is 31.4 Å². The number of hydrogen-bond acceptors (Lipinski definition) is 3. The summed E-state index contributed by atoms with van der Waals surface area (Å²) >= 11 is 0. The van der Waals surface area contributed by atoms with E-state index in [0.29, 0.717) is 11.4 Å². The minimum Gasteiger partial charge on any atom is -0.497 e. The fourth-order valence-corrected chi connectivity index (χ4v) is 4.47. The molecular weight excluding hydrogens is 402 g/mol. The molecular formula is C27H25NO4. The van der Waals surface area contributed by atoms with Crippen molar-refractivity contribution in [2.24, 2.45) is 11.8 Å². The Balaban J connectivity index is 1.76. The smallest absolute Gasteiger partial charge is 0.308 e. The molecule has 1 aliphatic carbocycles. The second kappa shape index (κ2) is 9.52. The second-order valence-electron chi connectivity index (χ2n) is 7.87. The van der Waals surface area contributed by atoms with Gasteiger partial charge in [-0.3, -0.25) is 9.59 Å². The number of ether oxygens (including phenoxy) is 1. The summed E-state index contributed by atoms with van der Waals surface area (Å²) in [5.74, 6) is -3.19. The van der Waals surface area contributed by atoms with E-state index in [0.717, 1.165) is 11.1 Å². The molecule has 0 aliphatic heterocycles. The number of carbonyl (C=O) groups excluding carboxylic acids is 1. The summed E-state index contributed by atoms with van der Waals surface area (Å²) in [4.78, 5) is 26.1. The lowest BCUT2D eigenvalue weighted by molar-refractivity contribution is -0.147. The summed E-state index contributed by atoms with van der Waals surface area (Å²) < 4.78 is 5.25. The van der Waals surface area contributed by atoms with Crippen molar-refractivity contribution in [2.75, 3.05) is 12.4 Å². The Bertz CT molecular complexity index is 1110. The minimum atomic E-state index is -0.991. The highest BCUT2D eigenvalue weighted by atomic mass is 16.5. The normalized spacial score (nSPS) is 22.2. The van der Waals surface area contributed by atoms with Gasteiger partial charge in [-0.15, -0.1) is 0 Å². The van der Waals surface area contributed by atoms with Crippen LogP contribution in [0.1, 0.15) is 23.0 Å². The molecule has 32 heavy (non-hydrogen) atoms. The quantitative estimate of drug-likeness (QED) is 0.538. The van der Waals surface area contributed by atoms with Crippen molar-refractivity contribution in [3.8, 4) is 5.75 Å². The molecule has 0 heterocycles. The zero-order valence-electron chi connectivity index (χ0n) is 17.7. The van der Waals surface area contributed by atoms with Crippen molar-refractivity contribution in [3.63, 3.8) is 0 Å². The molecule has 4 rings (SSSR count). The van der Waals surface area contributed by atoms with E-state index in [1.165, 1.54) is 0 Å². The number of anilines is 1. The zero-order chi connectivity index (χ0) is 22.5. The van der Waals surface area contributed by atoms with Gasteiger partial charge in [-0.2, -0.15) is 0 Å². The maximum Gasteiger partial charge on any atom is 0.308 e. The molecule has 1 aliphatic rings. The van der Waals surface area contributed by atoms with Crippen molar-refractivity contribution in [3.05, 3.63) is 108 Å². The van der Waals surface area contributed by atoms with Gasteiger partial charge < -0.3 is 15.2 Å². The molecule has 0 aromatic heterocycles. The van der Waals surface area contributed by atoms with Crippen LogP contribution in [0.4, 0.5) is 5.69 Å². The first-order valence-electron chi connectivity index (χ1n) is 10.5. The van der Waals surface area contributed by atoms with Gasteiger partial charge in [-0.25, -0.2) is 0 Å². The van der Waals surface area contributed by atoms with Crippen molar-refractivity contribution in [1.29, 1.82) is 0 Å². The fraction of sp³-hybridized carbons (Fsp3) is 0.185. The summed E-state index contributed by atoms with van der Waals surface area (Å²) in [7, 11) is 1.56. The first-order valence-corrected chi connectivity index (χ1v) is 10.5. The van der Waals surface area contributed by atoms with Crippen molar-refractivity contribution in [1.82, 2.24) is 0 Å². The van der Waals surface area contributed by atoms with Crippen molar-refractivity contribution >= 4 is 17.6 Å². The molecule has 1 amide bonds. The predicted octanol–water partition coefficient (Wildman–Crippen LogP) is 5.09. The van der Waals surface area contributed by atoms with Gasteiger partial charge >= 0.3 is 5.97 Å². The predicted molar refractivity (Wildman–Crippen MR) is 124 cm³/mol. The standard InChI is InChI=1S/C27H25NO4/c1-32-21-14-8-13-20(17-21)28-26(29)24-22(18-9-4-2-5-10-18)15-16-23(25(24)27(30)31)19-11-6-3-7-12-19/h2-17,22-25H,1H3,(H,28,29)(H,30,31). The maximum atomic E-state index is 13.6. The van der Waals surface area contributed by atoms with Crippen LogP contribution in [0.15, 0.2) is 97.1 Å². The Morgan fingerprint density at radius 1 is 0.781 bits per heavy atom. The number of hydrogen-bond donors (Lipinski definition) is 2. The summed E-state index contributed by atoms with van der Waals surface area (Å²) in [6, 6.07) is 26.1. The van der Waals surface area contributed by atoms with E-state index in [-0.39, 0.29) is 11.8 Å². The molecule has 5 nitrogen and oxygen atoms in total. The molecule has 0 fully saturated rings. The third-order valence-corrected chi connectivity index (χ3v) is 5.98. The zero-order valence-corrected chi connectivity index (χ0v) is 17.7. The average molecular weight is 428 g/mol. The minimum absolute atomic E-state index is 0.329. The Morgan fingerprint density at radius 2 is 1.34 bits per heavy atom. The lowest BCUT2D eigenvalue weighted by Gasteiger charge is -2.37.